The molecule has 6 rings (SSSR count). The molecule has 0 aliphatic heterocycles. The summed E-state index contributed by atoms with van der Waals surface area (Å²) in [7, 11) is 0. The number of para-hydroxylation sites is 1. The molecule has 3 heteroatoms. The van der Waals surface area contributed by atoms with Gasteiger partial charge in [-0.2, -0.15) is 0 Å². The monoisotopic (exact) mass is 554 g/mol. The zero-order valence-corrected chi connectivity index (χ0v) is 25.9. The first-order valence-electron chi connectivity index (χ1n) is 17.8. The Balaban J connectivity index is 1.23. The van der Waals surface area contributed by atoms with Crippen molar-refractivity contribution >= 4 is 22.1 Å². The van der Waals surface area contributed by atoms with E-state index in [1.165, 1.54) is 32.1 Å². The SMILES string of the molecule is [2H]C([2H])([2H])c1ccc2c(n1)oc1c(-c3cc(C4([2H])CCC5(CC4)CCC(CC(C)(C)C)(C(C)C(C)C)CC5)ccn3)cccc12. The summed E-state index contributed by atoms with van der Waals surface area (Å²) in [5, 5.41) is 1.67. The van der Waals surface area contributed by atoms with Crippen LogP contribution >= 0.6 is 0 Å². The van der Waals surface area contributed by atoms with Crippen molar-refractivity contribution in [1.82, 2.24) is 9.97 Å². The topological polar surface area (TPSA) is 38.9 Å². The van der Waals surface area contributed by atoms with Gasteiger partial charge in [-0.15, -0.1) is 0 Å². The average molecular weight is 555 g/mol. The van der Waals surface area contributed by atoms with Crippen LogP contribution in [0.1, 0.15) is 122 Å². The predicted octanol–water partition coefficient (Wildman–Crippen LogP) is 11.3. The first-order chi connectivity index (χ1) is 21.0. The summed E-state index contributed by atoms with van der Waals surface area (Å²) in [5.41, 5.74) is 4.74. The molecule has 1 unspecified atom stereocenters. The van der Waals surface area contributed by atoms with Crippen molar-refractivity contribution in [3.8, 4) is 11.3 Å². The number of furan rings is 1. The standard InChI is InChI=1S/C38H50N2O/c1-25(2)27(4)38(24-36(5,6)7)20-18-37(19-21-38)16-13-28(14-17-37)29-15-22-39-33(23-29)32-10-8-9-30-31-12-11-26(3)40-35(31)41-34(30)32/h8-12,15,22-23,25,27-28H,13-14,16-21,24H2,1-7H3/i3D3,28D. The summed E-state index contributed by atoms with van der Waals surface area (Å²) in [6, 6.07) is 13.4. The fourth-order valence-electron chi connectivity index (χ4n) is 8.38. The number of benzene rings is 1. The van der Waals surface area contributed by atoms with Crippen molar-refractivity contribution in [2.75, 3.05) is 0 Å². The number of pyridine rings is 2. The Hall–Kier alpha value is -2.68. The first-order valence-corrected chi connectivity index (χ1v) is 15.8. The zero-order valence-electron chi connectivity index (χ0n) is 29.9. The van der Waals surface area contributed by atoms with Gasteiger partial charge < -0.3 is 4.42 Å². The highest BCUT2D eigenvalue weighted by atomic mass is 16.3. The summed E-state index contributed by atoms with van der Waals surface area (Å²) < 4.78 is 39.1. The van der Waals surface area contributed by atoms with E-state index in [0.717, 1.165) is 59.2 Å². The molecule has 0 bridgehead atoms. The van der Waals surface area contributed by atoms with Crippen molar-refractivity contribution in [3.05, 3.63) is 59.9 Å². The molecule has 218 valence electrons. The highest BCUT2D eigenvalue weighted by Crippen LogP contribution is 2.60. The number of aryl methyl sites for hydroxylation is 1. The van der Waals surface area contributed by atoms with Crippen LogP contribution in [0, 0.1) is 34.9 Å². The van der Waals surface area contributed by atoms with Crippen LogP contribution in [0.5, 0.6) is 0 Å². The molecule has 2 aliphatic rings. The fourth-order valence-corrected chi connectivity index (χ4v) is 8.38. The van der Waals surface area contributed by atoms with Crippen molar-refractivity contribution in [3.63, 3.8) is 0 Å². The van der Waals surface area contributed by atoms with Gasteiger partial charge in [0.25, 0.3) is 0 Å². The molecule has 1 aromatic carbocycles. The third-order valence-corrected chi connectivity index (χ3v) is 10.9. The van der Waals surface area contributed by atoms with E-state index in [-0.39, 0.29) is 5.69 Å². The van der Waals surface area contributed by atoms with Crippen LogP contribution in [-0.2, 0) is 0 Å². The normalized spacial score (nSPS) is 29.8. The Morgan fingerprint density at radius 1 is 0.976 bits per heavy atom. The van der Waals surface area contributed by atoms with Crippen molar-refractivity contribution in [1.29, 1.82) is 0 Å². The van der Waals surface area contributed by atoms with E-state index < -0.39 is 12.7 Å². The van der Waals surface area contributed by atoms with Gasteiger partial charge in [0.15, 0.2) is 0 Å². The lowest BCUT2D eigenvalue weighted by Gasteiger charge is -2.54. The average Bonchev–Trinajstić information content (AvgIpc) is 3.37. The van der Waals surface area contributed by atoms with E-state index in [9.17, 15) is 1.37 Å². The minimum Gasteiger partial charge on any atom is -0.437 e. The second-order valence-electron chi connectivity index (χ2n) is 15.0. The quantitative estimate of drug-likeness (QED) is 0.246. The van der Waals surface area contributed by atoms with Crippen LogP contribution in [0.2, 0.25) is 0 Å². The minimum atomic E-state index is -2.30. The van der Waals surface area contributed by atoms with Crippen molar-refractivity contribution in [2.24, 2.45) is 28.1 Å². The van der Waals surface area contributed by atoms with Crippen LogP contribution in [0.4, 0.5) is 0 Å². The van der Waals surface area contributed by atoms with Crippen LogP contribution < -0.4 is 0 Å². The molecule has 2 aliphatic carbocycles. The van der Waals surface area contributed by atoms with Crippen molar-refractivity contribution < 1.29 is 9.90 Å². The molecule has 3 nitrogen and oxygen atoms in total. The summed E-state index contributed by atoms with van der Waals surface area (Å²) in [5.74, 6) is 0.785. The smallest absolute Gasteiger partial charge is 0.227 e. The van der Waals surface area contributed by atoms with E-state index in [4.69, 9.17) is 13.5 Å². The molecule has 41 heavy (non-hydrogen) atoms. The van der Waals surface area contributed by atoms with Gasteiger partial charge >= 0.3 is 0 Å². The fraction of sp³-hybridized carbons (Fsp3) is 0.579. The van der Waals surface area contributed by atoms with Crippen LogP contribution in [-0.4, -0.2) is 9.97 Å². The minimum absolute atomic E-state index is 0.0224. The maximum absolute atomic E-state index is 9.66. The number of rotatable bonds is 5. The second-order valence-corrected chi connectivity index (χ2v) is 15.0. The lowest BCUT2D eigenvalue weighted by molar-refractivity contribution is -0.0286. The molecule has 4 aromatic rings. The summed E-state index contributed by atoms with van der Waals surface area (Å²) >= 11 is 0. The molecule has 0 radical (unpaired) electrons. The second kappa shape index (κ2) is 10.5. The van der Waals surface area contributed by atoms with E-state index in [1.54, 1.807) is 12.1 Å². The molecule has 0 N–H and O–H groups in total. The summed E-state index contributed by atoms with van der Waals surface area (Å²) in [4.78, 5) is 9.04. The van der Waals surface area contributed by atoms with Crippen LogP contribution in [0.3, 0.4) is 0 Å². The largest absolute Gasteiger partial charge is 0.437 e. The number of hydrogen-bond acceptors (Lipinski definition) is 3. The van der Waals surface area contributed by atoms with E-state index >= 15 is 0 Å². The molecule has 1 spiro atoms. The number of aromatic nitrogens is 2. The van der Waals surface area contributed by atoms with Gasteiger partial charge in [0.05, 0.1) is 5.69 Å². The lowest BCUT2D eigenvalue weighted by atomic mass is 9.51. The maximum Gasteiger partial charge on any atom is 0.227 e. The predicted molar refractivity (Wildman–Crippen MR) is 172 cm³/mol. The summed E-state index contributed by atoms with van der Waals surface area (Å²) in [6.07, 6.45) is 12.3. The Kier molecular flexibility index (Phi) is 6.13. The van der Waals surface area contributed by atoms with E-state index in [1.807, 2.05) is 30.5 Å². The Labute approximate surface area is 253 Å². The molecule has 1 atom stereocenters. The van der Waals surface area contributed by atoms with Gasteiger partial charge in [-0.05, 0) is 135 Å². The molecule has 3 heterocycles. The van der Waals surface area contributed by atoms with Crippen molar-refractivity contribution in [2.45, 2.75) is 112 Å². The lowest BCUT2D eigenvalue weighted by Crippen LogP contribution is -2.43. The zero-order chi connectivity index (χ0) is 32.4. The highest BCUT2D eigenvalue weighted by molar-refractivity contribution is 6.08. The number of fused-ring (bicyclic) bond motifs is 3. The van der Waals surface area contributed by atoms with Gasteiger partial charge in [-0.25, -0.2) is 4.98 Å². The molecule has 2 saturated carbocycles. The van der Waals surface area contributed by atoms with Gasteiger partial charge in [-0.1, -0.05) is 53.7 Å². The third kappa shape index (κ3) is 5.46. The van der Waals surface area contributed by atoms with Crippen LogP contribution in [0.15, 0.2) is 53.1 Å². The van der Waals surface area contributed by atoms with Gasteiger partial charge in [0, 0.05) is 33.7 Å². The first kappa shape index (κ1) is 23.8. The van der Waals surface area contributed by atoms with Gasteiger partial charge in [0.2, 0.25) is 5.71 Å². The molecule has 3 aromatic heterocycles. The highest BCUT2D eigenvalue weighted by Gasteiger charge is 2.48. The van der Waals surface area contributed by atoms with E-state index in [0.29, 0.717) is 33.5 Å². The van der Waals surface area contributed by atoms with Gasteiger partial charge in [0.1, 0.15) is 5.58 Å². The molecule has 2 fully saturated rings. The third-order valence-electron chi connectivity index (χ3n) is 10.9. The number of nitrogens with zero attached hydrogens (tertiary/aromatic N) is 2. The molecule has 0 amide bonds. The summed E-state index contributed by atoms with van der Waals surface area (Å²) in [6.45, 7) is 12.2. The maximum atomic E-state index is 9.66. The van der Waals surface area contributed by atoms with Crippen LogP contribution in [0.25, 0.3) is 33.3 Å². The molecule has 0 saturated heterocycles. The number of hydrogen-bond donors (Lipinski definition) is 0. The Morgan fingerprint density at radius 2 is 1.73 bits per heavy atom. The molecular weight excluding hydrogens is 500 g/mol. The Morgan fingerprint density at radius 3 is 2.41 bits per heavy atom. The Bertz CT molecular complexity index is 1680. The van der Waals surface area contributed by atoms with E-state index in [2.05, 4.69) is 52.6 Å². The molecular formula is C38H50N2O. The van der Waals surface area contributed by atoms with Gasteiger partial charge in [-0.3, -0.25) is 4.98 Å².